The molecule has 1 amide bonds. The molecule has 0 bridgehead atoms. The van der Waals surface area contributed by atoms with Crippen LogP contribution in [0.25, 0.3) is 0 Å². The zero-order valence-corrected chi connectivity index (χ0v) is 14.9. The Hall–Kier alpha value is -1.55. The molecule has 4 nitrogen and oxygen atoms in total. The van der Waals surface area contributed by atoms with Crippen molar-refractivity contribution in [2.75, 3.05) is 26.2 Å². The summed E-state index contributed by atoms with van der Waals surface area (Å²) in [5.41, 5.74) is 0.829. The standard InChI is InChI=1S/C19H30N2O2/c1-5-6-12-20-13-14-21(18(22)23-19(2,3)4)15-17(20)16-10-8-7-9-11-16/h7-11,17H,5-6,12-15H2,1-4H3. The summed E-state index contributed by atoms with van der Waals surface area (Å²) in [4.78, 5) is 16.7. The largest absolute Gasteiger partial charge is 0.444 e. The van der Waals surface area contributed by atoms with Crippen LogP contribution >= 0.6 is 0 Å². The van der Waals surface area contributed by atoms with Crippen LogP contribution in [0.4, 0.5) is 4.79 Å². The van der Waals surface area contributed by atoms with Gasteiger partial charge in [0.1, 0.15) is 5.60 Å². The number of rotatable bonds is 4. The van der Waals surface area contributed by atoms with Gasteiger partial charge in [-0.1, -0.05) is 43.7 Å². The Kier molecular flexibility index (Phi) is 6.05. The first kappa shape index (κ1) is 17.8. The number of amides is 1. The second kappa shape index (κ2) is 7.82. The molecular weight excluding hydrogens is 288 g/mol. The molecule has 1 saturated heterocycles. The molecule has 0 saturated carbocycles. The Morgan fingerprint density at radius 2 is 1.91 bits per heavy atom. The topological polar surface area (TPSA) is 32.8 Å². The van der Waals surface area contributed by atoms with Crippen molar-refractivity contribution in [3.05, 3.63) is 35.9 Å². The van der Waals surface area contributed by atoms with E-state index in [4.69, 9.17) is 4.74 Å². The van der Waals surface area contributed by atoms with E-state index in [0.29, 0.717) is 6.54 Å². The normalized spacial score (nSPS) is 19.7. The van der Waals surface area contributed by atoms with Crippen LogP contribution in [0.1, 0.15) is 52.1 Å². The molecule has 1 heterocycles. The van der Waals surface area contributed by atoms with Gasteiger partial charge >= 0.3 is 6.09 Å². The Morgan fingerprint density at radius 1 is 1.22 bits per heavy atom. The van der Waals surface area contributed by atoms with Crippen molar-refractivity contribution in [1.82, 2.24) is 9.80 Å². The van der Waals surface area contributed by atoms with E-state index in [9.17, 15) is 4.79 Å². The van der Waals surface area contributed by atoms with Gasteiger partial charge < -0.3 is 9.64 Å². The number of nitrogens with zero attached hydrogens (tertiary/aromatic N) is 2. The Labute approximate surface area is 140 Å². The summed E-state index contributed by atoms with van der Waals surface area (Å²) in [6.45, 7) is 11.4. The van der Waals surface area contributed by atoms with Gasteiger partial charge in [0.15, 0.2) is 0 Å². The number of piperazine rings is 1. The fourth-order valence-electron chi connectivity index (χ4n) is 2.93. The molecule has 1 aromatic carbocycles. The zero-order valence-electron chi connectivity index (χ0n) is 14.9. The number of hydrogen-bond acceptors (Lipinski definition) is 3. The molecule has 0 aliphatic carbocycles. The fraction of sp³-hybridized carbons (Fsp3) is 0.632. The predicted octanol–water partition coefficient (Wildman–Crippen LogP) is 4.08. The lowest BCUT2D eigenvalue weighted by atomic mass is 10.0. The highest BCUT2D eigenvalue weighted by Crippen LogP contribution is 2.26. The van der Waals surface area contributed by atoms with Crippen molar-refractivity contribution < 1.29 is 9.53 Å². The Bertz CT molecular complexity index is 496. The third-order valence-corrected chi connectivity index (χ3v) is 4.13. The molecule has 1 aromatic rings. The molecule has 128 valence electrons. The third kappa shape index (κ3) is 5.24. The highest BCUT2D eigenvalue weighted by atomic mass is 16.6. The minimum Gasteiger partial charge on any atom is -0.444 e. The van der Waals surface area contributed by atoms with Gasteiger partial charge in [0, 0.05) is 19.6 Å². The van der Waals surface area contributed by atoms with Crippen LogP contribution < -0.4 is 0 Å². The van der Waals surface area contributed by atoms with Crippen LogP contribution in [0, 0.1) is 0 Å². The zero-order chi connectivity index (χ0) is 16.9. The second-order valence-corrected chi connectivity index (χ2v) is 7.24. The fourth-order valence-corrected chi connectivity index (χ4v) is 2.93. The summed E-state index contributed by atoms with van der Waals surface area (Å²) < 4.78 is 5.55. The number of carbonyl (C=O) groups excluding carboxylic acids is 1. The average Bonchev–Trinajstić information content (AvgIpc) is 2.52. The van der Waals surface area contributed by atoms with Crippen LogP contribution in [0.3, 0.4) is 0 Å². The van der Waals surface area contributed by atoms with E-state index in [-0.39, 0.29) is 12.1 Å². The molecule has 0 aromatic heterocycles. The summed E-state index contributed by atoms with van der Waals surface area (Å²) in [6, 6.07) is 10.7. The third-order valence-electron chi connectivity index (χ3n) is 4.13. The molecule has 0 N–H and O–H groups in total. The molecule has 2 rings (SSSR count). The van der Waals surface area contributed by atoms with Gasteiger partial charge in [-0.2, -0.15) is 0 Å². The molecular formula is C19H30N2O2. The van der Waals surface area contributed by atoms with Gasteiger partial charge in [0.25, 0.3) is 0 Å². The van der Waals surface area contributed by atoms with E-state index < -0.39 is 5.60 Å². The summed E-state index contributed by atoms with van der Waals surface area (Å²) in [7, 11) is 0. The molecule has 0 spiro atoms. The molecule has 1 aliphatic rings. The highest BCUT2D eigenvalue weighted by Gasteiger charge is 2.32. The minimum absolute atomic E-state index is 0.200. The van der Waals surface area contributed by atoms with Crippen molar-refractivity contribution in [2.24, 2.45) is 0 Å². The number of carbonyl (C=O) groups is 1. The first-order valence-electron chi connectivity index (χ1n) is 8.67. The molecule has 1 aliphatic heterocycles. The second-order valence-electron chi connectivity index (χ2n) is 7.24. The van der Waals surface area contributed by atoms with Gasteiger partial charge in [-0.25, -0.2) is 4.79 Å². The first-order valence-corrected chi connectivity index (χ1v) is 8.67. The van der Waals surface area contributed by atoms with Crippen LogP contribution in [-0.4, -0.2) is 47.7 Å². The van der Waals surface area contributed by atoms with Crippen LogP contribution in [0.15, 0.2) is 30.3 Å². The molecule has 23 heavy (non-hydrogen) atoms. The lowest BCUT2D eigenvalue weighted by Gasteiger charge is -2.42. The molecule has 1 fully saturated rings. The minimum atomic E-state index is -0.446. The lowest BCUT2D eigenvalue weighted by molar-refractivity contribution is 0.00325. The van der Waals surface area contributed by atoms with E-state index in [0.717, 1.165) is 19.6 Å². The molecule has 4 heteroatoms. The summed E-state index contributed by atoms with van der Waals surface area (Å²) >= 11 is 0. The van der Waals surface area contributed by atoms with Gasteiger partial charge in [-0.3, -0.25) is 4.90 Å². The quantitative estimate of drug-likeness (QED) is 0.838. The van der Waals surface area contributed by atoms with Gasteiger partial charge in [-0.05, 0) is 39.3 Å². The maximum Gasteiger partial charge on any atom is 0.410 e. The predicted molar refractivity (Wildman–Crippen MR) is 93.5 cm³/mol. The van der Waals surface area contributed by atoms with Crippen molar-refractivity contribution in [3.8, 4) is 0 Å². The van der Waals surface area contributed by atoms with Gasteiger partial charge in [0.2, 0.25) is 0 Å². The van der Waals surface area contributed by atoms with Crippen molar-refractivity contribution in [3.63, 3.8) is 0 Å². The van der Waals surface area contributed by atoms with Gasteiger partial charge in [-0.15, -0.1) is 0 Å². The van der Waals surface area contributed by atoms with E-state index >= 15 is 0 Å². The van der Waals surface area contributed by atoms with E-state index in [1.165, 1.54) is 18.4 Å². The Morgan fingerprint density at radius 3 is 2.52 bits per heavy atom. The number of ether oxygens (including phenoxy) is 1. The SMILES string of the molecule is CCCCN1CCN(C(=O)OC(C)(C)C)CC1c1ccccc1. The van der Waals surface area contributed by atoms with Crippen molar-refractivity contribution in [1.29, 1.82) is 0 Å². The summed E-state index contributed by atoms with van der Waals surface area (Å²) in [5, 5.41) is 0. The highest BCUT2D eigenvalue weighted by molar-refractivity contribution is 5.68. The summed E-state index contributed by atoms with van der Waals surface area (Å²) in [5.74, 6) is 0. The number of benzene rings is 1. The van der Waals surface area contributed by atoms with E-state index in [1.807, 2.05) is 31.7 Å². The summed E-state index contributed by atoms with van der Waals surface area (Å²) in [6.07, 6.45) is 2.18. The van der Waals surface area contributed by atoms with Gasteiger partial charge in [0.05, 0.1) is 6.04 Å². The maximum absolute atomic E-state index is 12.4. The van der Waals surface area contributed by atoms with Crippen molar-refractivity contribution in [2.45, 2.75) is 52.2 Å². The van der Waals surface area contributed by atoms with Crippen LogP contribution in [0.5, 0.6) is 0 Å². The van der Waals surface area contributed by atoms with Crippen molar-refractivity contribution >= 4 is 6.09 Å². The number of hydrogen-bond donors (Lipinski definition) is 0. The molecule has 1 atom stereocenters. The average molecular weight is 318 g/mol. The first-order chi connectivity index (χ1) is 10.9. The number of unbranched alkanes of at least 4 members (excludes halogenated alkanes) is 1. The smallest absolute Gasteiger partial charge is 0.410 e. The molecule has 1 unspecified atom stereocenters. The van der Waals surface area contributed by atoms with E-state index in [1.54, 1.807) is 0 Å². The lowest BCUT2D eigenvalue weighted by Crippen LogP contribution is -2.51. The molecule has 0 radical (unpaired) electrons. The Balaban J connectivity index is 2.10. The van der Waals surface area contributed by atoms with Crippen LogP contribution in [-0.2, 0) is 4.74 Å². The van der Waals surface area contributed by atoms with E-state index in [2.05, 4.69) is 36.1 Å². The van der Waals surface area contributed by atoms with Crippen LogP contribution in [0.2, 0.25) is 0 Å². The monoisotopic (exact) mass is 318 g/mol. The maximum atomic E-state index is 12.4.